The average Bonchev–Trinajstić information content (AvgIpc) is 3.03. The van der Waals surface area contributed by atoms with Gasteiger partial charge in [0.05, 0.1) is 24.2 Å². The van der Waals surface area contributed by atoms with E-state index in [2.05, 4.69) is 53.0 Å². The number of carbonyl (C=O) groups is 1. The third-order valence-electron chi connectivity index (χ3n) is 4.63. The number of fused-ring (bicyclic) bond motifs is 1. The van der Waals surface area contributed by atoms with Gasteiger partial charge in [-0.05, 0) is 49.6 Å². The zero-order valence-electron chi connectivity index (χ0n) is 16.3. The Morgan fingerprint density at radius 2 is 2.00 bits per heavy atom. The summed E-state index contributed by atoms with van der Waals surface area (Å²) in [4.78, 5) is 16.3. The zero-order chi connectivity index (χ0) is 19.2. The number of nitrogens with zero attached hydrogens (tertiary/aromatic N) is 2. The summed E-state index contributed by atoms with van der Waals surface area (Å²) in [5.74, 6) is 1.86. The fourth-order valence-electron chi connectivity index (χ4n) is 3.08. The molecule has 0 aliphatic rings. The molecule has 0 saturated carbocycles. The van der Waals surface area contributed by atoms with E-state index in [1.165, 1.54) is 5.56 Å². The highest BCUT2D eigenvalue weighted by molar-refractivity contribution is 5.77. The van der Waals surface area contributed by atoms with Crippen LogP contribution in [0.2, 0.25) is 0 Å². The Labute approximate surface area is 160 Å². The minimum atomic E-state index is 0.0341. The summed E-state index contributed by atoms with van der Waals surface area (Å²) < 4.78 is 8.16. The molecule has 0 spiro atoms. The number of aromatic nitrogens is 2. The van der Waals surface area contributed by atoms with Gasteiger partial charge in [-0.25, -0.2) is 4.98 Å². The molecule has 0 aliphatic carbocycles. The second-order valence-electron chi connectivity index (χ2n) is 6.77. The largest absolute Gasteiger partial charge is 0.493 e. The predicted molar refractivity (Wildman–Crippen MR) is 108 cm³/mol. The number of aryl methyl sites for hydroxylation is 3. The highest BCUT2D eigenvalue weighted by atomic mass is 16.5. The maximum Gasteiger partial charge on any atom is 0.220 e. The van der Waals surface area contributed by atoms with E-state index in [0.29, 0.717) is 19.6 Å². The van der Waals surface area contributed by atoms with Crippen LogP contribution in [-0.4, -0.2) is 22.1 Å². The molecule has 1 aromatic heterocycles. The second-order valence-corrected chi connectivity index (χ2v) is 6.77. The molecule has 27 heavy (non-hydrogen) atoms. The van der Waals surface area contributed by atoms with E-state index in [9.17, 15) is 4.79 Å². The van der Waals surface area contributed by atoms with E-state index >= 15 is 0 Å². The van der Waals surface area contributed by atoms with Crippen molar-refractivity contribution >= 4 is 16.9 Å². The lowest BCUT2D eigenvalue weighted by molar-refractivity contribution is -0.120. The maximum atomic E-state index is 11.6. The Morgan fingerprint density at radius 3 is 2.81 bits per heavy atom. The fraction of sp³-hybridized carbons (Fsp3) is 0.364. The Hall–Kier alpha value is -2.82. The first kappa shape index (κ1) is 19.0. The zero-order valence-corrected chi connectivity index (χ0v) is 16.3. The molecule has 5 nitrogen and oxygen atoms in total. The number of hydrogen-bond acceptors (Lipinski definition) is 3. The van der Waals surface area contributed by atoms with Crippen molar-refractivity contribution in [2.24, 2.45) is 0 Å². The van der Waals surface area contributed by atoms with Crippen molar-refractivity contribution < 1.29 is 9.53 Å². The number of benzene rings is 2. The van der Waals surface area contributed by atoms with Gasteiger partial charge in [0.25, 0.3) is 0 Å². The molecule has 1 heterocycles. The van der Waals surface area contributed by atoms with E-state index in [1.807, 2.05) is 25.1 Å². The van der Waals surface area contributed by atoms with Crippen molar-refractivity contribution in [2.75, 3.05) is 6.61 Å². The van der Waals surface area contributed by atoms with Gasteiger partial charge in [0.15, 0.2) is 0 Å². The van der Waals surface area contributed by atoms with Crippen molar-refractivity contribution in [3.05, 3.63) is 59.4 Å². The van der Waals surface area contributed by atoms with Crippen LogP contribution in [-0.2, 0) is 17.9 Å². The first-order chi connectivity index (χ1) is 13.1. The summed E-state index contributed by atoms with van der Waals surface area (Å²) in [7, 11) is 0. The van der Waals surface area contributed by atoms with Crippen LogP contribution in [0.15, 0.2) is 42.5 Å². The van der Waals surface area contributed by atoms with Crippen molar-refractivity contribution in [3.8, 4) is 5.75 Å². The Kier molecular flexibility index (Phi) is 6.12. The lowest BCUT2D eigenvalue weighted by atomic mass is 10.1. The molecular weight excluding hydrogens is 338 g/mol. The van der Waals surface area contributed by atoms with Gasteiger partial charge in [-0.1, -0.05) is 31.2 Å². The van der Waals surface area contributed by atoms with E-state index in [1.54, 1.807) is 0 Å². The molecule has 142 valence electrons. The second kappa shape index (κ2) is 8.71. The molecule has 0 atom stereocenters. The molecule has 0 bridgehead atoms. The van der Waals surface area contributed by atoms with Crippen LogP contribution in [0.25, 0.3) is 11.0 Å². The third-order valence-corrected chi connectivity index (χ3v) is 4.63. The molecule has 0 aliphatic heterocycles. The molecule has 2 aromatic carbocycles. The van der Waals surface area contributed by atoms with Gasteiger partial charge >= 0.3 is 0 Å². The highest BCUT2D eigenvalue weighted by Gasteiger charge is 2.11. The van der Waals surface area contributed by atoms with E-state index in [4.69, 9.17) is 4.74 Å². The van der Waals surface area contributed by atoms with Gasteiger partial charge in [-0.3, -0.25) is 4.79 Å². The molecule has 1 amide bonds. The number of rotatable bonds is 8. The van der Waals surface area contributed by atoms with E-state index < -0.39 is 0 Å². The molecule has 5 heteroatoms. The minimum Gasteiger partial charge on any atom is -0.493 e. The summed E-state index contributed by atoms with van der Waals surface area (Å²) in [5.41, 5.74) is 4.39. The Morgan fingerprint density at radius 1 is 1.19 bits per heavy atom. The van der Waals surface area contributed by atoms with E-state index in [0.717, 1.165) is 41.1 Å². The number of nitrogens with one attached hydrogen (secondary N) is 1. The van der Waals surface area contributed by atoms with Crippen LogP contribution < -0.4 is 10.1 Å². The van der Waals surface area contributed by atoms with Crippen LogP contribution in [0.5, 0.6) is 5.75 Å². The van der Waals surface area contributed by atoms with Gasteiger partial charge in [-0.2, -0.15) is 0 Å². The normalized spacial score (nSPS) is 10.9. The predicted octanol–water partition coefficient (Wildman–Crippen LogP) is 4.15. The average molecular weight is 365 g/mol. The lowest BCUT2D eigenvalue weighted by Crippen LogP contribution is -2.23. The Balaban J connectivity index is 1.67. The fourth-order valence-corrected chi connectivity index (χ4v) is 3.08. The lowest BCUT2D eigenvalue weighted by Gasteiger charge is -2.12. The summed E-state index contributed by atoms with van der Waals surface area (Å²) in [6, 6.07) is 14.3. The van der Waals surface area contributed by atoms with Crippen LogP contribution in [0.1, 0.15) is 36.7 Å². The third kappa shape index (κ3) is 4.67. The van der Waals surface area contributed by atoms with Gasteiger partial charge < -0.3 is 14.6 Å². The van der Waals surface area contributed by atoms with Crippen LogP contribution >= 0.6 is 0 Å². The van der Waals surface area contributed by atoms with Crippen molar-refractivity contribution in [2.45, 2.75) is 46.7 Å². The van der Waals surface area contributed by atoms with Gasteiger partial charge in [0.1, 0.15) is 11.6 Å². The Bertz CT molecular complexity index is 930. The number of hydrogen-bond donors (Lipinski definition) is 1. The molecule has 1 N–H and O–H groups in total. The SMILES string of the molecule is CCC(=O)NCc1nc2ccccc2n1CCCOc1cc(C)ccc1C. The standard InChI is InChI=1S/C22H27N3O2/c1-4-22(26)23-15-21-24-18-8-5-6-9-19(18)25(21)12-7-13-27-20-14-16(2)10-11-17(20)3/h5-6,8-11,14H,4,7,12-13,15H2,1-3H3,(H,23,26). The number of amides is 1. The molecule has 3 rings (SSSR count). The molecular formula is C22H27N3O2. The number of para-hydroxylation sites is 2. The summed E-state index contributed by atoms with van der Waals surface area (Å²) >= 11 is 0. The van der Waals surface area contributed by atoms with Crippen LogP contribution in [0.3, 0.4) is 0 Å². The molecule has 0 radical (unpaired) electrons. The van der Waals surface area contributed by atoms with Gasteiger partial charge in [0.2, 0.25) is 5.91 Å². The maximum absolute atomic E-state index is 11.6. The smallest absolute Gasteiger partial charge is 0.220 e. The van der Waals surface area contributed by atoms with Gasteiger partial charge in [0, 0.05) is 13.0 Å². The number of imidazole rings is 1. The van der Waals surface area contributed by atoms with Crippen molar-refractivity contribution in [1.29, 1.82) is 0 Å². The van der Waals surface area contributed by atoms with Crippen molar-refractivity contribution in [1.82, 2.24) is 14.9 Å². The summed E-state index contributed by atoms with van der Waals surface area (Å²) in [5, 5.41) is 2.93. The summed E-state index contributed by atoms with van der Waals surface area (Å²) in [6.45, 7) is 7.86. The topological polar surface area (TPSA) is 56.2 Å². The van der Waals surface area contributed by atoms with Crippen molar-refractivity contribution in [3.63, 3.8) is 0 Å². The highest BCUT2D eigenvalue weighted by Crippen LogP contribution is 2.20. The van der Waals surface area contributed by atoms with E-state index in [-0.39, 0.29) is 5.91 Å². The molecule has 3 aromatic rings. The van der Waals surface area contributed by atoms with Gasteiger partial charge in [-0.15, -0.1) is 0 Å². The number of carbonyl (C=O) groups excluding carboxylic acids is 1. The van der Waals surface area contributed by atoms with Crippen LogP contribution in [0, 0.1) is 13.8 Å². The molecule has 0 fully saturated rings. The number of ether oxygens (including phenoxy) is 1. The minimum absolute atomic E-state index is 0.0341. The molecule has 0 saturated heterocycles. The quantitative estimate of drug-likeness (QED) is 0.610. The summed E-state index contributed by atoms with van der Waals surface area (Å²) in [6.07, 6.45) is 1.34. The molecule has 0 unspecified atom stereocenters. The monoisotopic (exact) mass is 365 g/mol. The first-order valence-electron chi connectivity index (χ1n) is 9.49. The first-order valence-corrected chi connectivity index (χ1v) is 9.49. The van der Waals surface area contributed by atoms with Crippen LogP contribution in [0.4, 0.5) is 0 Å².